The van der Waals surface area contributed by atoms with Crippen LogP contribution >= 0.6 is 11.8 Å². The van der Waals surface area contributed by atoms with Gasteiger partial charge < -0.3 is 20.5 Å². The summed E-state index contributed by atoms with van der Waals surface area (Å²) in [4.78, 5) is 4.28. The summed E-state index contributed by atoms with van der Waals surface area (Å²) in [7, 11) is 3.54. The van der Waals surface area contributed by atoms with Crippen LogP contribution in [0, 0.1) is 5.41 Å². The average molecular weight is 315 g/mol. The molecule has 0 radical (unpaired) electrons. The van der Waals surface area contributed by atoms with Crippen molar-refractivity contribution in [2.45, 2.75) is 50.9 Å². The highest BCUT2D eigenvalue weighted by atomic mass is 32.2. The third kappa shape index (κ3) is 3.17. The highest BCUT2D eigenvalue weighted by Gasteiger charge is 2.58. The summed E-state index contributed by atoms with van der Waals surface area (Å²) in [6.45, 7) is 7.13. The van der Waals surface area contributed by atoms with E-state index in [-0.39, 0.29) is 11.0 Å². The lowest BCUT2D eigenvalue weighted by Crippen LogP contribution is -2.69. The van der Waals surface area contributed by atoms with Crippen molar-refractivity contribution in [3.63, 3.8) is 0 Å². The first kappa shape index (κ1) is 16.9. The van der Waals surface area contributed by atoms with E-state index < -0.39 is 5.60 Å². The van der Waals surface area contributed by atoms with Crippen molar-refractivity contribution in [3.8, 4) is 0 Å². The minimum Gasteiger partial charge on any atom is -0.387 e. The van der Waals surface area contributed by atoms with Crippen molar-refractivity contribution in [3.05, 3.63) is 0 Å². The van der Waals surface area contributed by atoms with Gasteiger partial charge in [-0.05, 0) is 25.5 Å². The molecule has 122 valence electrons. The normalized spacial score (nSPS) is 39.0. The zero-order valence-corrected chi connectivity index (χ0v) is 14.6. The van der Waals surface area contributed by atoms with Crippen LogP contribution in [0.4, 0.5) is 0 Å². The number of hydrogen-bond acceptors (Lipinski definition) is 4. The topological polar surface area (TPSA) is 65.9 Å². The van der Waals surface area contributed by atoms with E-state index in [1.54, 1.807) is 25.9 Å². The Balaban J connectivity index is 1.87. The zero-order chi connectivity index (χ0) is 15.7. The van der Waals surface area contributed by atoms with Gasteiger partial charge in [0, 0.05) is 37.9 Å². The first-order chi connectivity index (χ1) is 9.76. The quantitative estimate of drug-likeness (QED) is 0.538. The molecule has 1 saturated heterocycles. The first-order valence-electron chi connectivity index (χ1n) is 7.59. The number of guanidine groups is 1. The Morgan fingerprint density at radius 2 is 2.14 bits per heavy atom. The van der Waals surface area contributed by atoms with Gasteiger partial charge in [0.1, 0.15) is 0 Å². The van der Waals surface area contributed by atoms with E-state index in [1.807, 2.05) is 0 Å². The molecule has 1 aliphatic heterocycles. The molecule has 2 fully saturated rings. The van der Waals surface area contributed by atoms with Crippen LogP contribution in [0.5, 0.6) is 0 Å². The SMILES string of the molecule is CN=C(NCC1(O)CCSC1)NC1CC(C)(OC)C1(C)C. The highest BCUT2D eigenvalue weighted by Crippen LogP contribution is 2.51. The van der Waals surface area contributed by atoms with Gasteiger partial charge in [-0.2, -0.15) is 11.8 Å². The Hall–Kier alpha value is -0.460. The molecular weight excluding hydrogens is 286 g/mol. The molecule has 1 aliphatic carbocycles. The molecule has 21 heavy (non-hydrogen) atoms. The molecule has 0 aromatic rings. The molecule has 0 bridgehead atoms. The van der Waals surface area contributed by atoms with Crippen molar-refractivity contribution in [1.29, 1.82) is 0 Å². The van der Waals surface area contributed by atoms with Gasteiger partial charge in [0.15, 0.2) is 5.96 Å². The Morgan fingerprint density at radius 1 is 1.43 bits per heavy atom. The van der Waals surface area contributed by atoms with Crippen molar-refractivity contribution in [2.75, 3.05) is 32.2 Å². The molecular formula is C15H29N3O2S. The molecule has 0 aromatic heterocycles. The Kier molecular flexibility index (Phi) is 4.81. The van der Waals surface area contributed by atoms with Crippen molar-refractivity contribution < 1.29 is 9.84 Å². The third-order valence-electron chi connectivity index (χ3n) is 5.48. The van der Waals surface area contributed by atoms with Crippen LogP contribution in [0.3, 0.4) is 0 Å². The maximum absolute atomic E-state index is 10.4. The number of methoxy groups -OCH3 is 1. The number of nitrogens with zero attached hydrogens (tertiary/aromatic N) is 1. The predicted octanol–water partition coefficient (Wildman–Crippen LogP) is 1.22. The lowest BCUT2D eigenvalue weighted by atomic mass is 9.56. The zero-order valence-electron chi connectivity index (χ0n) is 13.8. The fraction of sp³-hybridized carbons (Fsp3) is 0.933. The van der Waals surface area contributed by atoms with Crippen LogP contribution in [0.1, 0.15) is 33.6 Å². The highest BCUT2D eigenvalue weighted by molar-refractivity contribution is 7.99. The first-order valence-corrected chi connectivity index (χ1v) is 8.74. The standard InChI is InChI=1S/C15H29N3O2S/c1-13(2)11(8-14(13,3)20-5)18-12(16-4)17-9-15(19)6-7-21-10-15/h11,19H,6-10H2,1-5H3,(H2,16,17,18). The summed E-state index contributed by atoms with van der Waals surface area (Å²) in [5.74, 6) is 2.59. The van der Waals surface area contributed by atoms with E-state index in [9.17, 15) is 5.11 Å². The second-order valence-electron chi connectivity index (χ2n) is 7.01. The molecule has 3 unspecified atom stereocenters. The van der Waals surface area contributed by atoms with Gasteiger partial charge in [0.25, 0.3) is 0 Å². The minimum atomic E-state index is -0.599. The van der Waals surface area contributed by atoms with Crippen LogP contribution in [0.25, 0.3) is 0 Å². The van der Waals surface area contributed by atoms with Crippen molar-refractivity contribution >= 4 is 17.7 Å². The number of rotatable bonds is 4. The minimum absolute atomic E-state index is 0.0412. The van der Waals surface area contributed by atoms with Crippen LogP contribution in [-0.4, -0.2) is 60.5 Å². The van der Waals surface area contributed by atoms with E-state index in [4.69, 9.17) is 4.74 Å². The Bertz CT molecular complexity index is 408. The second kappa shape index (κ2) is 5.97. The fourth-order valence-corrected chi connectivity index (χ4v) is 4.36. The van der Waals surface area contributed by atoms with Gasteiger partial charge in [0.05, 0.1) is 11.2 Å². The third-order valence-corrected chi connectivity index (χ3v) is 6.71. The molecule has 3 N–H and O–H groups in total. The number of hydrogen-bond donors (Lipinski definition) is 3. The molecule has 0 aromatic carbocycles. The van der Waals surface area contributed by atoms with Crippen molar-refractivity contribution in [2.24, 2.45) is 10.4 Å². The predicted molar refractivity (Wildman–Crippen MR) is 89.0 cm³/mol. The molecule has 2 aliphatic rings. The number of aliphatic hydroxyl groups is 1. The lowest BCUT2D eigenvalue weighted by Gasteiger charge is -2.59. The maximum Gasteiger partial charge on any atom is 0.191 e. The summed E-state index contributed by atoms with van der Waals surface area (Å²) in [6.07, 6.45) is 1.80. The Morgan fingerprint density at radius 3 is 2.62 bits per heavy atom. The fourth-order valence-electron chi connectivity index (χ4n) is 3.07. The molecule has 5 nitrogen and oxygen atoms in total. The molecule has 6 heteroatoms. The Labute approximate surface area is 132 Å². The molecule has 0 amide bonds. The van der Waals surface area contributed by atoms with E-state index in [0.717, 1.165) is 30.3 Å². The molecule has 3 atom stereocenters. The van der Waals surface area contributed by atoms with Crippen LogP contribution in [-0.2, 0) is 4.74 Å². The number of aliphatic imine (C=N–C) groups is 1. The number of nitrogens with one attached hydrogen (secondary N) is 2. The van der Waals surface area contributed by atoms with Gasteiger partial charge in [0.2, 0.25) is 0 Å². The largest absolute Gasteiger partial charge is 0.387 e. The van der Waals surface area contributed by atoms with E-state index in [0.29, 0.717) is 12.6 Å². The summed E-state index contributed by atoms with van der Waals surface area (Å²) in [5, 5.41) is 17.1. The number of ether oxygens (including phenoxy) is 1. The van der Waals surface area contributed by atoms with Gasteiger partial charge in [-0.1, -0.05) is 13.8 Å². The maximum atomic E-state index is 10.4. The van der Waals surface area contributed by atoms with Crippen LogP contribution < -0.4 is 10.6 Å². The summed E-state index contributed by atoms with van der Waals surface area (Å²) in [5.41, 5.74) is -0.651. The molecule has 0 spiro atoms. The van der Waals surface area contributed by atoms with Gasteiger partial charge >= 0.3 is 0 Å². The second-order valence-corrected chi connectivity index (χ2v) is 8.12. The monoisotopic (exact) mass is 315 g/mol. The molecule has 1 saturated carbocycles. The lowest BCUT2D eigenvalue weighted by molar-refractivity contribution is -0.176. The van der Waals surface area contributed by atoms with Crippen LogP contribution in [0.15, 0.2) is 4.99 Å². The average Bonchev–Trinajstić information content (AvgIpc) is 2.89. The van der Waals surface area contributed by atoms with Crippen LogP contribution in [0.2, 0.25) is 0 Å². The van der Waals surface area contributed by atoms with Gasteiger partial charge in [-0.15, -0.1) is 0 Å². The van der Waals surface area contributed by atoms with Crippen molar-refractivity contribution in [1.82, 2.24) is 10.6 Å². The van der Waals surface area contributed by atoms with E-state index >= 15 is 0 Å². The summed E-state index contributed by atoms with van der Waals surface area (Å²) < 4.78 is 5.65. The summed E-state index contributed by atoms with van der Waals surface area (Å²) >= 11 is 1.81. The smallest absolute Gasteiger partial charge is 0.191 e. The van der Waals surface area contributed by atoms with Gasteiger partial charge in [-0.3, -0.25) is 4.99 Å². The van der Waals surface area contributed by atoms with E-state index in [2.05, 4.69) is 36.4 Å². The molecule has 1 heterocycles. The number of thioether (sulfide) groups is 1. The molecule has 2 rings (SSSR count). The van der Waals surface area contributed by atoms with E-state index in [1.165, 1.54) is 0 Å². The van der Waals surface area contributed by atoms with Gasteiger partial charge in [-0.25, -0.2) is 0 Å². The summed E-state index contributed by atoms with van der Waals surface area (Å²) in [6, 6.07) is 0.321.